The van der Waals surface area contributed by atoms with Gasteiger partial charge in [-0.3, -0.25) is 0 Å². The molecule has 0 heterocycles. The Labute approximate surface area is 106 Å². The van der Waals surface area contributed by atoms with Crippen molar-refractivity contribution in [2.75, 3.05) is 0 Å². The minimum atomic E-state index is 0.413. The van der Waals surface area contributed by atoms with E-state index in [1.54, 1.807) is 0 Å². The molecule has 1 nitrogen and oxygen atoms in total. The molecular formula is C15H16NS+. The molecule has 2 atom stereocenters. The molecule has 86 valence electrons. The molecule has 0 saturated carbocycles. The van der Waals surface area contributed by atoms with Crippen LogP contribution in [-0.4, -0.2) is 5.25 Å². The molecule has 0 spiro atoms. The standard InChI is InChI=1S/C15H15NS/c16-15-13-9-5-4-6-11(13)10-14(15)17-12-7-2-1-3-8-12/h1-9,14-15H,10,16H2/p+1/t14-,15-/m0/s1. The Hall–Kier alpha value is -1.25. The van der Waals surface area contributed by atoms with Gasteiger partial charge in [0.15, 0.2) is 0 Å². The summed E-state index contributed by atoms with van der Waals surface area (Å²) in [4.78, 5) is 1.35. The predicted octanol–water partition coefficient (Wildman–Crippen LogP) is 2.69. The summed E-state index contributed by atoms with van der Waals surface area (Å²) in [5.74, 6) is 0. The lowest BCUT2D eigenvalue weighted by molar-refractivity contribution is -0.423. The third-order valence-corrected chi connectivity index (χ3v) is 4.70. The number of quaternary nitrogens is 1. The molecule has 0 amide bonds. The Bertz CT molecular complexity index is 509. The van der Waals surface area contributed by atoms with E-state index in [-0.39, 0.29) is 0 Å². The lowest BCUT2D eigenvalue weighted by Crippen LogP contribution is -2.56. The van der Waals surface area contributed by atoms with Crippen molar-refractivity contribution >= 4 is 11.8 Å². The van der Waals surface area contributed by atoms with Crippen LogP contribution in [0.15, 0.2) is 59.5 Å². The maximum Gasteiger partial charge on any atom is 0.123 e. The molecule has 0 aliphatic heterocycles. The molecule has 3 N–H and O–H groups in total. The van der Waals surface area contributed by atoms with E-state index in [2.05, 4.69) is 60.3 Å². The normalized spacial score (nSPS) is 22.4. The fourth-order valence-electron chi connectivity index (χ4n) is 2.44. The highest BCUT2D eigenvalue weighted by Gasteiger charge is 2.32. The van der Waals surface area contributed by atoms with E-state index in [0.29, 0.717) is 11.3 Å². The zero-order valence-electron chi connectivity index (χ0n) is 9.67. The number of fused-ring (bicyclic) bond motifs is 1. The third-order valence-electron chi connectivity index (χ3n) is 3.36. The van der Waals surface area contributed by atoms with Crippen LogP contribution in [0.3, 0.4) is 0 Å². The number of benzene rings is 2. The Morgan fingerprint density at radius 2 is 1.65 bits per heavy atom. The van der Waals surface area contributed by atoms with Crippen LogP contribution in [0, 0.1) is 0 Å². The van der Waals surface area contributed by atoms with Gasteiger partial charge in [-0.15, -0.1) is 11.8 Å². The number of thioether (sulfide) groups is 1. The molecule has 1 aliphatic carbocycles. The average Bonchev–Trinajstić information content (AvgIpc) is 2.68. The molecule has 0 aromatic heterocycles. The van der Waals surface area contributed by atoms with Crippen molar-refractivity contribution in [1.29, 1.82) is 0 Å². The highest BCUT2D eigenvalue weighted by atomic mass is 32.2. The Balaban J connectivity index is 1.81. The molecule has 0 radical (unpaired) electrons. The summed E-state index contributed by atoms with van der Waals surface area (Å²) >= 11 is 1.95. The van der Waals surface area contributed by atoms with Crippen LogP contribution in [0.2, 0.25) is 0 Å². The zero-order chi connectivity index (χ0) is 11.7. The maximum atomic E-state index is 4.34. The number of hydrogen-bond donors (Lipinski definition) is 1. The second-order valence-electron chi connectivity index (χ2n) is 4.48. The topological polar surface area (TPSA) is 27.6 Å². The summed E-state index contributed by atoms with van der Waals surface area (Å²) < 4.78 is 0. The average molecular weight is 242 g/mol. The summed E-state index contributed by atoms with van der Waals surface area (Å²) in [6.07, 6.45) is 1.14. The SMILES string of the molecule is [NH3+][C@H]1c2ccccc2C[C@@H]1Sc1ccccc1. The first kappa shape index (κ1) is 10.9. The van der Waals surface area contributed by atoms with Crippen LogP contribution in [0.1, 0.15) is 17.2 Å². The van der Waals surface area contributed by atoms with E-state index in [0.717, 1.165) is 6.42 Å². The van der Waals surface area contributed by atoms with Gasteiger partial charge in [-0.25, -0.2) is 0 Å². The second-order valence-corrected chi connectivity index (χ2v) is 5.79. The van der Waals surface area contributed by atoms with E-state index in [1.165, 1.54) is 16.0 Å². The largest absolute Gasteiger partial charge is 0.350 e. The monoisotopic (exact) mass is 242 g/mol. The highest BCUT2D eigenvalue weighted by molar-refractivity contribution is 8.00. The molecule has 0 saturated heterocycles. The lowest BCUT2D eigenvalue weighted by Gasteiger charge is -2.12. The first-order chi connectivity index (χ1) is 8.34. The van der Waals surface area contributed by atoms with Crippen LogP contribution < -0.4 is 5.73 Å². The van der Waals surface area contributed by atoms with E-state index in [4.69, 9.17) is 0 Å². The minimum absolute atomic E-state index is 0.413. The molecule has 17 heavy (non-hydrogen) atoms. The van der Waals surface area contributed by atoms with Gasteiger partial charge in [0.1, 0.15) is 6.04 Å². The summed E-state index contributed by atoms with van der Waals surface area (Å²) in [7, 11) is 0. The van der Waals surface area contributed by atoms with Crippen molar-refractivity contribution in [2.45, 2.75) is 22.6 Å². The first-order valence-corrected chi connectivity index (χ1v) is 6.85. The van der Waals surface area contributed by atoms with Crippen molar-refractivity contribution in [3.63, 3.8) is 0 Å². The summed E-state index contributed by atoms with van der Waals surface area (Å²) in [5.41, 5.74) is 7.24. The lowest BCUT2D eigenvalue weighted by atomic mass is 10.1. The predicted molar refractivity (Wildman–Crippen MR) is 71.9 cm³/mol. The van der Waals surface area contributed by atoms with Crippen molar-refractivity contribution in [3.8, 4) is 0 Å². The van der Waals surface area contributed by atoms with Gasteiger partial charge in [-0.1, -0.05) is 42.5 Å². The Kier molecular flexibility index (Phi) is 2.91. The van der Waals surface area contributed by atoms with E-state index in [9.17, 15) is 0 Å². The Morgan fingerprint density at radius 3 is 2.41 bits per heavy atom. The van der Waals surface area contributed by atoms with Crippen molar-refractivity contribution in [3.05, 3.63) is 65.7 Å². The van der Waals surface area contributed by atoms with Gasteiger partial charge in [0.2, 0.25) is 0 Å². The van der Waals surface area contributed by atoms with E-state index >= 15 is 0 Å². The maximum absolute atomic E-state index is 4.34. The second kappa shape index (κ2) is 4.55. The number of rotatable bonds is 2. The van der Waals surface area contributed by atoms with Gasteiger partial charge >= 0.3 is 0 Å². The minimum Gasteiger partial charge on any atom is -0.350 e. The van der Waals surface area contributed by atoms with E-state index in [1.807, 2.05) is 11.8 Å². The van der Waals surface area contributed by atoms with Crippen LogP contribution in [-0.2, 0) is 6.42 Å². The van der Waals surface area contributed by atoms with Crippen LogP contribution in [0.4, 0.5) is 0 Å². The van der Waals surface area contributed by atoms with Crippen LogP contribution >= 0.6 is 11.8 Å². The Morgan fingerprint density at radius 1 is 0.941 bits per heavy atom. The van der Waals surface area contributed by atoms with Gasteiger partial charge < -0.3 is 5.73 Å². The fourth-order valence-corrected chi connectivity index (χ4v) is 3.68. The highest BCUT2D eigenvalue weighted by Crippen LogP contribution is 2.38. The van der Waals surface area contributed by atoms with Crippen molar-refractivity contribution < 1.29 is 5.73 Å². The summed E-state index contributed by atoms with van der Waals surface area (Å²) in [6, 6.07) is 19.7. The van der Waals surface area contributed by atoms with Gasteiger partial charge in [0.05, 0.1) is 5.25 Å². The molecule has 0 fully saturated rings. The molecule has 2 aromatic carbocycles. The summed E-state index contributed by atoms with van der Waals surface area (Å²) in [5, 5.41) is 0.579. The molecule has 0 bridgehead atoms. The molecule has 3 rings (SSSR count). The van der Waals surface area contributed by atoms with Crippen molar-refractivity contribution in [1.82, 2.24) is 0 Å². The van der Waals surface area contributed by atoms with Gasteiger partial charge in [-0.05, 0) is 24.1 Å². The smallest absolute Gasteiger partial charge is 0.123 e. The quantitative estimate of drug-likeness (QED) is 0.861. The van der Waals surface area contributed by atoms with Gasteiger partial charge in [-0.2, -0.15) is 0 Å². The third kappa shape index (κ3) is 2.11. The molecule has 1 aliphatic rings. The molecular weight excluding hydrogens is 226 g/mol. The van der Waals surface area contributed by atoms with Crippen molar-refractivity contribution in [2.24, 2.45) is 0 Å². The van der Waals surface area contributed by atoms with Crippen LogP contribution in [0.25, 0.3) is 0 Å². The molecule has 0 unspecified atom stereocenters. The van der Waals surface area contributed by atoms with Crippen LogP contribution in [0.5, 0.6) is 0 Å². The van der Waals surface area contributed by atoms with E-state index < -0.39 is 0 Å². The first-order valence-electron chi connectivity index (χ1n) is 5.97. The van der Waals surface area contributed by atoms with Gasteiger partial charge in [0.25, 0.3) is 0 Å². The zero-order valence-corrected chi connectivity index (χ0v) is 10.5. The fraction of sp³-hybridized carbons (Fsp3) is 0.200. The molecule has 2 heteroatoms. The number of hydrogen-bond acceptors (Lipinski definition) is 1. The van der Waals surface area contributed by atoms with Gasteiger partial charge in [0, 0.05) is 10.5 Å². The molecule has 2 aromatic rings. The summed E-state index contributed by atoms with van der Waals surface area (Å²) in [6.45, 7) is 0.